The average molecular weight is 398 g/mol. The van der Waals surface area contributed by atoms with Crippen molar-refractivity contribution in [2.45, 2.75) is 26.2 Å². The van der Waals surface area contributed by atoms with Crippen molar-refractivity contribution in [2.75, 3.05) is 13.7 Å². The summed E-state index contributed by atoms with van der Waals surface area (Å²) in [5.74, 6) is 0.816. The molecule has 5 nitrogen and oxygen atoms in total. The van der Waals surface area contributed by atoms with Crippen LogP contribution in [0.3, 0.4) is 0 Å². The highest BCUT2D eigenvalue weighted by Crippen LogP contribution is 2.24. The molecule has 3 aromatic rings. The van der Waals surface area contributed by atoms with E-state index in [1.54, 1.807) is 18.0 Å². The van der Waals surface area contributed by atoms with Gasteiger partial charge in [0.25, 0.3) is 5.91 Å². The van der Waals surface area contributed by atoms with E-state index in [1.807, 2.05) is 62.4 Å². The van der Waals surface area contributed by atoms with Gasteiger partial charge in [-0.25, -0.2) is 4.68 Å². The van der Waals surface area contributed by atoms with Crippen LogP contribution in [0.25, 0.3) is 5.69 Å². The molecule has 0 fully saturated rings. The van der Waals surface area contributed by atoms with Crippen LogP contribution in [0.2, 0.25) is 5.02 Å². The maximum absolute atomic E-state index is 12.8. The summed E-state index contributed by atoms with van der Waals surface area (Å²) in [5, 5.41) is 8.07. The van der Waals surface area contributed by atoms with E-state index in [-0.39, 0.29) is 11.8 Å². The Morgan fingerprint density at radius 1 is 1.21 bits per heavy atom. The molecule has 146 valence electrons. The van der Waals surface area contributed by atoms with Gasteiger partial charge in [0, 0.05) is 11.6 Å². The summed E-state index contributed by atoms with van der Waals surface area (Å²) in [4.78, 5) is 12.8. The zero-order chi connectivity index (χ0) is 20.1. The van der Waals surface area contributed by atoms with Gasteiger partial charge in [0.2, 0.25) is 0 Å². The van der Waals surface area contributed by atoms with Crippen LogP contribution < -0.4 is 10.1 Å². The van der Waals surface area contributed by atoms with Gasteiger partial charge in [-0.2, -0.15) is 5.10 Å². The third-order valence-electron chi connectivity index (χ3n) is 4.52. The minimum Gasteiger partial charge on any atom is -0.496 e. The molecule has 1 aromatic heterocycles. The Morgan fingerprint density at radius 2 is 2.00 bits per heavy atom. The van der Waals surface area contributed by atoms with Crippen molar-refractivity contribution in [2.24, 2.45) is 0 Å². The Kier molecular flexibility index (Phi) is 6.37. The third kappa shape index (κ3) is 4.37. The van der Waals surface area contributed by atoms with Gasteiger partial charge in [0.05, 0.1) is 30.3 Å². The van der Waals surface area contributed by atoms with E-state index in [0.717, 1.165) is 22.7 Å². The first-order valence-electron chi connectivity index (χ1n) is 9.25. The summed E-state index contributed by atoms with van der Waals surface area (Å²) >= 11 is 6.12. The van der Waals surface area contributed by atoms with Crippen LogP contribution in [-0.2, 0) is 6.42 Å². The summed E-state index contributed by atoms with van der Waals surface area (Å²) in [6.07, 6.45) is 2.31. The second-order valence-corrected chi connectivity index (χ2v) is 7.24. The highest BCUT2D eigenvalue weighted by atomic mass is 35.5. The normalized spacial score (nSPS) is 10.9. The van der Waals surface area contributed by atoms with Gasteiger partial charge in [-0.3, -0.25) is 4.79 Å². The topological polar surface area (TPSA) is 56.1 Å². The van der Waals surface area contributed by atoms with Gasteiger partial charge in [-0.1, -0.05) is 49.7 Å². The Morgan fingerprint density at radius 3 is 2.71 bits per heavy atom. The highest BCUT2D eigenvalue weighted by Gasteiger charge is 2.20. The molecule has 28 heavy (non-hydrogen) atoms. The zero-order valence-corrected chi connectivity index (χ0v) is 17.0. The lowest BCUT2D eigenvalue weighted by molar-refractivity contribution is 0.0952. The number of aromatic nitrogens is 2. The van der Waals surface area contributed by atoms with E-state index < -0.39 is 0 Å². The van der Waals surface area contributed by atoms with E-state index in [9.17, 15) is 4.79 Å². The number of para-hydroxylation sites is 1. The Bertz CT molecular complexity index is 966. The first-order valence-corrected chi connectivity index (χ1v) is 9.63. The van der Waals surface area contributed by atoms with Crippen molar-refractivity contribution < 1.29 is 9.53 Å². The van der Waals surface area contributed by atoms with Crippen molar-refractivity contribution >= 4 is 17.5 Å². The Hall–Kier alpha value is -2.79. The molecule has 0 saturated carbocycles. The summed E-state index contributed by atoms with van der Waals surface area (Å²) in [6, 6.07) is 15.3. The predicted octanol–water partition coefficient (Wildman–Crippen LogP) is 4.63. The minimum absolute atomic E-state index is 0.122. The smallest absolute Gasteiger partial charge is 0.254 e. The van der Waals surface area contributed by atoms with Crippen molar-refractivity contribution in [1.29, 1.82) is 0 Å². The van der Waals surface area contributed by atoms with Crippen molar-refractivity contribution in [3.63, 3.8) is 0 Å². The van der Waals surface area contributed by atoms with Gasteiger partial charge in [0.15, 0.2) is 0 Å². The van der Waals surface area contributed by atoms with E-state index in [1.165, 1.54) is 0 Å². The highest BCUT2D eigenvalue weighted by molar-refractivity contribution is 6.30. The van der Waals surface area contributed by atoms with Gasteiger partial charge < -0.3 is 10.1 Å². The summed E-state index contributed by atoms with van der Waals surface area (Å²) in [6.45, 7) is 4.60. The second kappa shape index (κ2) is 8.93. The van der Waals surface area contributed by atoms with E-state index in [0.29, 0.717) is 23.6 Å². The molecule has 0 saturated heterocycles. The molecular formula is C22H24ClN3O2. The number of benzene rings is 2. The van der Waals surface area contributed by atoms with Crippen LogP contribution in [0, 0.1) is 0 Å². The number of nitrogens with zero attached hydrogens (tertiary/aromatic N) is 2. The molecule has 1 amide bonds. The van der Waals surface area contributed by atoms with Crippen LogP contribution in [0.4, 0.5) is 0 Å². The predicted molar refractivity (Wildman–Crippen MR) is 112 cm³/mol. The number of amides is 1. The molecule has 0 aliphatic carbocycles. The quantitative estimate of drug-likeness (QED) is 0.632. The maximum atomic E-state index is 12.8. The second-order valence-electron chi connectivity index (χ2n) is 6.81. The standard InChI is InChI=1S/C22H24ClN3O2/c1-15(2)21-19(14-25-26(21)18-9-6-8-17(23)13-18)22(27)24-12-11-16-7-4-5-10-20(16)28-3/h4-10,13-15H,11-12H2,1-3H3,(H,24,27). The number of rotatable bonds is 7. The van der Waals surface area contributed by atoms with Gasteiger partial charge in [-0.15, -0.1) is 0 Å². The largest absolute Gasteiger partial charge is 0.496 e. The fourth-order valence-corrected chi connectivity index (χ4v) is 3.40. The SMILES string of the molecule is COc1ccccc1CCNC(=O)c1cnn(-c2cccc(Cl)c2)c1C(C)C. The fourth-order valence-electron chi connectivity index (χ4n) is 3.22. The minimum atomic E-state index is -0.133. The fraction of sp³-hybridized carbons (Fsp3) is 0.273. The summed E-state index contributed by atoms with van der Waals surface area (Å²) in [7, 11) is 1.65. The molecule has 0 aliphatic heterocycles. The molecule has 1 N–H and O–H groups in total. The van der Waals surface area contributed by atoms with Crippen molar-refractivity contribution in [1.82, 2.24) is 15.1 Å². The van der Waals surface area contributed by atoms with Gasteiger partial charge in [0.1, 0.15) is 5.75 Å². The molecular weight excluding hydrogens is 374 g/mol. The molecule has 1 heterocycles. The van der Waals surface area contributed by atoms with Crippen LogP contribution in [0.1, 0.15) is 41.4 Å². The summed E-state index contributed by atoms with van der Waals surface area (Å²) in [5.41, 5.74) is 3.33. The first-order chi connectivity index (χ1) is 13.5. The average Bonchev–Trinajstić information content (AvgIpc) is 3.14. The lowest BCUT2D eigenvalue weighted by Crippen LogP contribution is -2.26. The molecule has 0 radical (unpaired) electrons. The number of hydrogen-bond donors (Lipinski definition) is 1. The van der Waals surface area contributed by atoms with Crippen molar-refractivity contribution in [3.05, 3.63) is 76.6 Å². The third-order valence-corrected chi connectivity index (χ3v) is 4.76. The Labute approximate surface area is 170 Å². The number of halogens is 1. The first kappa shape index (κ1) is 20.0. The Balaban J connectivity index is 1.77. The molecule has 6 heteroatoms. The van der Waals surface area contributed by atoms with Crippen LogP contribution >= 0.6 is 11.6 Å². The summed E-state index contributed by atoms with van der Waals surface area (Å²) < 4.78 is 7.15. The van der Waals surface area contributed by atoms with E-state index in [4.69, 9.17) is 16.3 Å². The molecule has 2 aromatic carbocycles. The molecule has 0 spiro atoms. The number of nitrogens with one attached hydrogen (secondary N) is 1. The zero-order valence-electron chi connectivity index (χ0n) is 16.3. The van der Waals surface area contributed by atoms with Crippen LogP contribution in [0.5, 0.6) is 5.75 Å². The molecule has 0 unspecified atom stereocenters. The number of ether oxygens (including phenoxy) is 1. The van der Waals surface area contributed by atoms with Gasteiger partial charge in [-0.05, 0) is 42.2 Å². The molecule has 0 bridgehead atoms. The number of carbonyl (C=O) groups excluding carboxylic acids is 1. The maximum Gasteiger partial charge on any atom is 0.254 e. The lowest BCUT2D eigenvalue weighted by Gasteiger charge is -2.13. The van der Waals surface area contributed by atoms with E-state index >= 15 is 0 Å². The number of methoxy groups -OCH3 is 1. The number of hydrogen-bond acceptors (Lipinski definition) is 3. The number of carbonyl (C=O) groups is 1. The molecule has 0 aliphatic rings. The van der Waals surface area contributed by atoms with Gasteiger partial charge >= 0.3 is 0 Å². The van der Waals surface area contributed by atoms with Crippen LogP contribution in [0.15, 0.2) is 54.7 Å². The van der Waals surface area contributed by atoms with Crippen LogP contribution in [-0.4, -0.2) is 29.3 Å². The van der Waals surface area contributed by atoms with E-state index in [2.05, 4.69) is 10.4 Å². The molecule has 3 rings (SSSR count). The van der Waals surface area contributed by atoms with Crippen molar-refractivity contribution in [3.8, 4) is 11.4 Å². The molecule has 0 atom stereocenters. The lowest BCUT2D eigenvalue weighted by atomic mass is 10.0. The monoisotopic (exact) mass is 397 g/mol.